The van der Waals surface area contributed by atoms with E-state index in [1.54, 1.807) is 21.8 Å². The van der Waals surface area contributed by atoms with Crippen LogP contribution in [-0.4, -0.2) is 48.1 Å². The van der Waals surface area contributed by atoms with Crippen LogP contribution in [0.15, 0.2) is 91.3 Å². The molecular weight excluding hydrogens is 546 g/mol. The Morgan fingerprint density at radius 1 is 0.721 bits per heavy atom. The Balaban J connectivity index is 1.22. The van der Waals surface area contributed by atoms with Crippen molar-refractivity contribution in [3.8, 4) is 0 Å². The van der Waals surface area contributed by atoms with Crippen molar-refractivity contribution in [2.75, 3.05) is 0 Å². The van der Waals surface area contributed by atoms with E-state index in [2.05, 4.69) is 25.9 Å². The number of carbonyl (C=O) groups is 2. The van der Waals surface area contributed by atoms with Crippen molar-refractivity contribution in [3.05, 3.63) is 130 Å². The molecule has 1 atom stereocenters. The lowest BCUT2D eigenvalue weighted by Gasteiger charge is -2.16. The molecule has 0 fully saturated rings. The van der Waals surface area contributed by atoms with Gasteiger partial charge in [-0.3, -0.25) is 0 Å². The molecule has 0 aliphatic rings. The van der Waals surface area contributed by atoms with E-state index in [-0.39, 0.29) is 19.6 Å². The number of rotatable bonds is 12. The molecule has 1 amide bonds. The van der Waals surface area contributed by atoms with E-state index < -0.39 is 18.1 Å². The lowest BCUT2D eigenvalue weighted by Crippen LogP contribution is -2.43. The van der Waals surface area contributed by atoms with Gasteiger partial charge in [-0.2, -0.15) is 0 Å². The molecule has 0 aliphatic carbocycles. The highest BCUT2D eigenvalue weighted by atomic mass is 16.6. The van der Waals surface area contributed by atoms with Gasteiger partial charge < -0.3 is 14.8 Å². The molecule has 220 valence electrons. The zero-order valence-electron chi connectivity index (χ0n) is 24.1. The third-order valence-corrected chi connectivity index (χ3v) is 6.92. The zero-order valence-corrected chi connectivity index (χ0v) is 24.1. The van der Waals surface area contributed by atoms with Crippen molar-refractivity contribution in [1.29, 1.82) is 0 Å². The quantitative estimate of drug-likeness (QED) is 0.218. The smallest absolute Gasteiger partial charge is 0.408 e. The lowest BCUT2D eigenvalue weighted by atomic mass is 10.1. The van der Waals surface area contributed by atoms with E-state index in [0.717, 1.165) is 27.8 Å². The van der Waals surface area contributed by atoms with Gasteiger partial charge in [-0.15, -0.1) is 10.2 Å². The van der Waals surface area contributed by atoms with E-state index in [1.165, 1.54) is 0 Å². The molecule has 2 heterocycles. The summed E-state index contributed by atoms with van der Waals surface area (Å²) >= 11 is 0. The second-order valence-electron chi connectivity index (χ2n) is 10.2. The molecule has 11 heteroatoms. The van der Waals surface area contributed by atoms with Gasteiger partial charge in [0.25, 0.3) is 0 Å². The molecule has 5 rings (SSSR count). The van der Waals surface area contributed by atoms with Gasteiger partial charge in [-0.05, 0) is 41.7 Å². The van der Waals surface area contributed by atoms with Gasteiger partial charge in [-0.25, -0.2) is 19.0 Å². The summed E-state index contributed by atoms with van der Waals surface area (Å²) in [6.07, 6.45) is 2.80. The number of hydrogen-bond acceptors (Lipinski definition) is 8. The molecule has 0 aliphatic heterocycles. The molecule has 0 unspecified atom stereocenters. The van der Waals surface area contributed by atoms with Crippen LogP contribution in [0.5, 0.6) is 0 Å². The summed E-state index contributed by atoms with van der Waals surface area (Å²) in [7, 11) is 0. The first kappa shape index (κ1) is 29.2. The van der Waals surface area contributed by atoms with Crippen LogP contribution in [0.3, 0.4) is 0 Å². The van der Waals surface area contributed by atoms with Crippen molar-refractivity contribution in [1.82, 2.24) is 35.3 Å². The first-order valence-electron chi connectivity index (χ1n) is 13.9. The molecule has 0 bridgehead atoms. The minimum absolute atomic E-state index is 0.0606. The topological polar surface area (TPSA) is 126 Å². The summed E-state index contributed by atoms with van der Waals surface area (Å²) in [5.41, 5.74) is 6.33. The first-order valence-corrected chi connectivity index (χ1v) is 13.9. The maximum Gasteiger partial charge on any atom is 0.408 e. The molecule has 5 aromatic rings. The third-order valence-electron chi connectivity index (χ3n) is 6.92. The number of esters is 1. The Hall–Kier alpha value is -5.32. The van der Waals surface area contributed by atoms with Crippen LogP contribution in [0, 0.1) is 13.8 Å². The normalized spacial score (nSPS) is 11.6. The van der Waals surface area contributed by atoms with Gasteiger partial charge >= 0.3 is 12.1 Å². The molecule has 2 aromatic heterocycles. The average Bonchev–Trinajstić information content (AvgIpc) is 3.66. The van der Waals surface area contributed by atoms with Crippen molar-refractivity contribution in [2.45, 2.75) is 52.6 Å². The number of aryl methyl sites for hydroxylation is 2. The van der Waals surface area contributed by atoms with E-state index in [0.29, 0.717) is 24.5 Å². The lowest BCUT2D eigenvalue weighted by molar-refractivity contribution is -0.147. The summed E-state index contributed by atoms with van der Waals surface area (Å²) in [5, 5.41) is 19.3. The number of amides is 1. The van der Waals surface area contributed by atoms with Crippen LogP contribution < -0.4 is 5.32 Å². The Labute approximate surface area is 249 Å². The zero-order chi connectivity index (χ0) is 30.0. The fourth-order valence-corrected chi connectivity index (χ4v) is 4.47. The second kappa shape index (κ2) is 14.0. The fourth-order valence-electron chi connectivity index (χ4n) is 4.47. The Bertz CT molecular complexity index is 1670. The molecule has 0 radical (unpaired) electrons. The Kier molecular flexibility index (Phi) is 9.53. The minimum Gasteiger partial charge on any atom is -0.457 e. The van der Waals surface area contributed by atoms with Crippen LogP contribution in [0.1, 0.15) is 39.2 Å². The molecule has 1 N–H and O–H groups in total. The monoisotopic (exact) mass is 579 g/mol. The average molecular weight is 580 g/mol. The Morgan fingerprint density at radius 2 is 1.28 bits per heavy atom. The molecule has 0 saturated carbocycles. The second-order valence-corrected chi connectivity index (χ2v) is 10.2. The van der Waals surface area contributed by atoms with Crippen molar-refractivity contribution >= 4 is 12.1 Å². The molecule has 43 heavy (non-hydrogen) atoms. The predicted octanol–water partition coefficient (Wildman–Crippen LogP) is 4.16. The minimum atomic E-state index is -1.06. The van der Waals surface area contributed by atoms with Crippen molar-refractivity contribution < 1.29 is 19.1 Å². The summed E-state index contributed by atoms with van der Waals surface area (Å²) in [5.74, 6) is -0.654. The Morgan fingerprint density at radius 3 is 1.91 bits per heavy atom. The summed E-state index contributed by atoms with van der Waals surface area (Å²) < 4.78 is 14.3. The molecule has 3 aromatic carbocycles. The van der Waals surface area contributed by atoms with Gasteiger partial charge in [0.2, 0.25) is 0 Å². The van der Waals surface area contributed by atoms with E-state index in [1.807, 2.05) is 92.7 Å². The summed E-state index contributed by atoms with van der Waals surface area (Å²) in [6, 6.07) is 24.3. The van der Waals surface area contributed by atoms with E-state index in [9.17, 15) is 9.59 Å². The SMILES string of the molecule is Cc1ccccc1Cn1cc(COC(=O)[C@@H](Cc2cn(Cc3ccccc3C)nn2)NC(=O)OCc2ccccc2)nn1. The number of nitrogens with one attached hydrogen (secondary N) is 1. The molecule has 0 spiro atoms. The number of aromatic nitrogens is 6. The van der Waals surface area contributed by atoms with Crippen molar-refractivity contribution in [3.63, 3.8) is 0 Å². The van der Waals surface area contributed by atoms with Gasteiger partial charge in [0, 0.05) is 12.6 Å². The molecular formula is C32H33N7O4. The van der Waals surface area contributed by atoms with Gasteiger partial charge in [0.05, 0.1) is 25.0 Å². The number of ether oxygens (including phenoxy) is 2. The van der Waals surface area contributed by atoms with Crippen LogP contribution in [0.4, 0.5) is 4.79 Å². The number of alkyl carbamates (subject to hydrolysis) is 1. The van der Waals surface area contributed by atoms with E-state index >= 15 is 0 Å². The highest BCUT2D eigenvalue weighted by Crippen LogP contribution is 2.12. The molecule has 0 saturated heterocycles. The highest BCUT2D eigenvalue weighted by Gasteiger charge is 2.25. The number of carbonyl (C=O) groups excluding carboxylic acids is 2. The third kappa shape index (κ3) is 8.35. The van der Waals surface area contributed by atoms with Crippen LogP contribution in [0.25, 0.3) is 0 Å². The first-order chi connectivity index (χ1) is 20.9. The number of nitrogens with zero attached hydrogens (tertiary/aromatic N) is 6. The maximum atomic E-state index is 13.2. The molecule has 11 nitrogen and oxygen atoms in total. The van der Waals surface area contributed by atoms with Gasteiger partial charge in [-0.1, -0.05) is 89.3 Å². The predicted molar refractivity (Wildman–Crippen MR) is 158 cm³/mol. The number of hydrogen-bond donors (Lipinski definition) is 1. The van der Waals surface area contributed by atoms with Crippen LogP contribution in [0.2, 0.25) is 0 Å². The van der Waals surface area contributed by atoms with Gasteiger partial charge in [0.1, 0.15) is 24.9 Å². The summed E-state index contributed by atoms with van der Waals surface area (Å²) in [4.78, 5) is 25.9. The van der Waals surface area contributed by atoms with Gasteiger partial charge in [0.15, 0.2) is 0 Å². The number of benzene rings is 3. The largest absolute Gasteiger partial charge is 0.457 e. The maximum absolute atomic E-state index is 13.2. The van der Waals surface area contributed by atoms with Crippen molar-refractivity contribution in [2.24, 2.45) is 0 Å². The highest BCUT2D eigenvalue weighted by molar-refractivity contribution is 5.81. The fraction of sp³-hybridized carbons (Fsp3) is 0.250. The standard InChI is InChI=1S/C32H33N7O4/c1-23-10-6-8-14-26(23)17-38-19-28(34-36-38)16-30(33-32(41)43-21-25-12-4-3-5-13-25)31(40)42-22-29-20-39(37-35-29)18-27-15-9-7-11-24(27)2/h3-15,19-20,30H,16-18,21-22H2,1-2H3,(H,33,41)/t30-/m1/s1. The van der Waals surface area contributed by atoms with Crippen LogP contribution in [-0.2, 0) is 47.0 Å². The van der Waals surface area contributed by atoms with Crippen LogP contribution >= 0.6 is 0 Å². The summed E-state index contributed by atoms with van der Waals surface area (Å²) in [6.45, 7) is 5.09. The van der Waals surface area contributed by atoms with E-state index in [4.69, 9.17) is 9.47 Å².